The molecule has 0 unspecified atom stereocenters. The molecule has 0 saturated heterocycles. The molecule has 17 heavy (non-hydrogen) atoms. The van der Waals surface area contributed by atoms with Crippen LogP contribution < -0.4 is 0 Å². The summed E-state index contributed by atoms with van der Waals surface area (Å²) in [4.78, 5) is 3.87. The molecular weight excluding hydrogens is 238 g/mol. The lowest BCUT2D eigenvalue weighted by atomic mass is 10.3. The third kappa shape index (κ3) is 2.36. The number of sulfone groups is 1. The Labute approximate surface area is 100 Å². The zero-order chi connectivity index (χ0) is 12.5. The number of nitrogens with zero attached hydrogens (tertiary/aromatic N) is 3. The summed E-state index contributed by atoms with van der Waals surface area (Å²) in [7, 11) is -1.67. The van der Waals surface area contributed by atoms with E-state index >= 15 is 0 Å². The maximum atomic E-state index is 12.1. The molecule has 0 aromatic carbocycles. The molecule has 0 aliphatic carbocycles. The Hall–Kier alpha value is -1.69. The summed E-state index contributed by atoms with van der Waals surface area (Å²) < 4.78 is 25.8. The van der Waals surface area contributed by atoms with Gasteiger partial charge in [-0.2, -0.15) is 5.10 Å². The topological polar surface area (TPSA) is 64.8 Å². The molecule has 90 valence electrons. The summed E-state index contributed by atoms with van der Waals surface area (Å²) in [5, 5.41) is 4.12. The fourth-order valence-electron chi connectivity index (χ4n) is 1.56. The van der Waals surface area contributed by atoms with Gasteiger partial charge < -0.3 is 0 Å². The van der Waals surface area contributed by atoms with Crippen LogP contribution in [0.5, 0.6) is 0 Å². The maximum Gasteiger partial charge on any atom is 0.201 e. The van der Waals surface area contributed by atoms with E-state index < -0.39 is 9.84 Å². The first-order chi connectivity index (χ1) is 8.00. The first-order valence-corrected chi connectivity index (χ1v) is 6.77. The third-order valence-electron chi connectivity index (χ3n) is 2.55. The molecule has 6 heteroatoms. The smallest absolute Gasteiger partial charge is 0.201 e. The SMILES string of the molecule is Cc1cnn(C)c1CS(=O)(=O)c1ccccn1. The normalized spacial score (nSPS) is 11.6. The van der Waals surface area contributed by atoms with Crippen LogP contribution in [-0.4, -0.2) is 23.2 Å². The number of aryl methyl sites for hydroxylation is 2. The number of rotatable bonds is 3. The van der Waals surface area contributed by atoms with Gasteiger partial charge in [-0.3, -0.25) is 4.68 Å². The van der Waals surface area contributed by atoms with Gasteiger partial charge in [0.2, 0.25) is 9.84 Å². The van der Waals surface area contributed by atoms with E-state index in [1.807, 2.05) is 6.92 Å². The molecule has 0 fully saturated rings. The molecule has 0 bridgehead atoms. The Balaban J connectivity index is 2.37. The van der Waals surface area contributed by atoms with Crippen molar-refractivity contribution in [2.45, 2.75) is 17.7 Å². The van der Waals surface area contributed by atoms with Crippen LogP contribution in [0.25, 0.3) is 0 Å². The molecule has 2 aromatic heterocycles. The Morgan fingerprint density at radius 3 is 2.65 bits per heavy atom. The number of pyridine rings is 1. The van der Waals surface area contributed by atoms with E-state index in [0.717, 1.165) is 5.56 Å². The third-order valence-corrected chi connectivity index (χ3v) is 4.09. The minimum absolute atomic E-state index is 0.0770. The van der Waals surface area contributed by atoms with Gasteiger partial charge in [0.1, 0.15) is 0 Å². The van der Waals surface area contributed by atoms with Crippen molar-refractivity contribution in [3.63, 3.8) is 0 Å². The average Bonchev–Trinajstić information content (AvgIpc) is 2.62. The van der Waals surface area contributed by atoms with E-state index in [1.54, 1.807) is 30.1 Å². The summed E-state index contributed by atoms with van der Waals surface area (Å²) in [6, 6.07) is 4.85. The van der Waals surface area contributed by atoms with E-state index in [-0.39, 0.29) is 10.8 Å². The number of hydrogen-bond acceptors (Lipinski definition) is 4. The van der Waals surface area contributed by atoms with E-state index in [4.69, 9.17) is 0 Å². The monoisotopic (exact) mass is 251 g/mol. The van der Waals surface area contributed by atoms with Gasteiger partial charge in [-0.15, -0.1) is 0 Å². The second kappa shape index (κ2) is 4.29. The zero-order valence-electron chi connectivity index (χ0n) is 9.66. The Morgan fingerprint density at radius 1 is 1.35 bits per heavy atom. The Bertz CT molecular complexity index is 598. The first kappa shape index (κ1) is 11.8. The molecule has 2 rings (SSSR count). The van der Waals surface area contributed by atoms with Gasteiger partial charge in [0.15, 0.2) is 5.03 Å². The van der Waals surface area contributed by atoms with Crippen molar-refractivity contribution in [1.82, 2.24) is 14.8 Å². The highest BCUT2D eigenvalue weighted by Gasteiger charge is 2.19. The fraction of sp³-hybridized carbons (Fsp3) is 0.273. The summed E-state index contributed by atoms with van der Waals surface area (Å²) in [6.45, 7) is 1.84. The van der Waals surface area contributed by atoms with Crippen molar-refractivity contribution in [1.29, 1.82) is 0 Å². The number of aromatic nitrogens is 3. The maximum absolute atomic E-state index is 12.1. The van der Waals surface area contributed by atoms with Gasteiger partial charge in [0, 0.05) is 13.2 Å². The van der Waals surface area contributed by atoms with Crippen molar-refractivity contribution in [3.05, 3.63) is 41.9 Å². The lowest BCUT2D eigenvalue weighted by molar-refractivity contribution is 0.588. The molecule has 5 nitrogen and oxygen atoms in total. The van der Waals surface area contributed by atoms with Crippen molar-refractivity contribution in [2.75, 3.05) is 0 Å². The van der Waals surface area contributed by atoms with Crippen LogP contribution in [-0.2, 0) is 22.6 Å². The minimum Gasteiger partial charge on any atom is -0.271 e. The molecule has 0 spiro atoms. The van der Waals surface area contributed by atoms with Gasteiger partial charge in [0.05, 0.1) is 17.6 Å². The predicted octanol–water partition coefficient (Wildman–Crippen LogP) is 1.10. The van der Waals surface area contributed by atoms with E-state index in [1.165, 1.54) is 12.3 Å². The van der Waals surface area contributed by atoms with Gasteiger partial charge >= 0.3 is 0 Å². The summed E-state index contributed by atoms with van der Waals surface area (Å²) in [5.41, 5.74) is 1.56. The van der Waals surface area contributed by atoms with Gasteiger partial charge in [-0.05, 0) is 24.6 Å². The van der Waals surface area contributed by atoms with Gasteiger partial charge in [-0.25, -0.2) is 13.4 Å². The molecule has 0 N–H and O–H groups in total. The van der Waals surface area contributed by atoms with Crippen LogP contribution in [0.1, 0.15) is 11.3 Å². The highest BCUT2D eigenvalue weighted by atomic mass is 32.2. The van der Waals surface area contributed by atoms with Crippen LogP contribution in [0.2, 0.25) is 0 Å². The van der Waals surface area contributed by atoms with E-state index in [0.29, 0.717) is 5.69 Å². The van der Waals surface area contributed by atoms with Crippen LogP contribution >= 0.6 is 0 Å². The summed E-state index contributed by atoms with van der Waals surface area (Å²) in [5.74, 6) is -0.0770. The van der Waals surface area contributed by atoms with Crippen LogP contribution in [0.15, 0.2) is 35.6 Å². The molecule has 2 aromatic rings. The second-order valence-corrected chi connectivity index (χ2v) is 5.76. The van der Waals surface area contributed by atoms with Crippen LogP contribution in [0.4, 0.5) is 0 Å². The number of hydrogen-bond donors (Lipinski definition) is 0. The van der Waals surface area contributed by atoms with E-state index in [9.17, 15) is 8.42 Å². The van der Waals surface area contributed by atoms with Crippen LogP contribution in [0, 0.1) is 6.92 Å². The summed E-state index contributed by atoms with van der Waals surface area (Å²) in [6.07, 6.45) is 3.13. The second-order valence-electron chi connectivity index (χ2n) is 3.82. The van der Waals surface area contributed by atoms with Crippen molar-refractivity contribution in [2.24, 2.45) is 7.05 Å². The predicted molar refractivity (Wildman–Crippen MR) is 63.1 cm³/mol. The quantitative estimate of drug-likeness (QED) is 0.819. The average molecular weight is 251 g/mol. The molecule has 0 radical (unpaired) electrons. The molecule has 0 aliphatic heterocycles. The minimum atomic E-state index is -3.40. The van der Waals surface area contributed by atoms with Crippen LogP contribution in [0.3, 0.4) is 0 Å². The van der Waals surface area contributed by atoms with Gasteiger partial charge in [-0.1, -0.05) is 6.07 Å². The zero-order valence-corrected chi connectivity index (χ0v) is 10.5. The van der Waals surface area contributed by atoms with Gasteiger partial charge in [0.25, 0.3) is 0 Å². The molecular formula is C11H13N3O2S. The summed E-state index contributed by atoms with van der Waals surface area (Å²) >= 11 is 0. The lowest BCUT2D eigenvalue weighted by Crippen LogP contribution is -2.11. The molecule has 0 amide bonds. The fourth-order valence-corrected chi connectivity index (χ4v) is 2.99. The first-order valence-electron chi connectivity index (χ1n) is 5.12. The molecule has 2 heterocycles. The van der Waals surface area contributed by atoms with E-state index in [2.05, 4.69) is 10.1 Å². The highest BCUT2D eigenvalue weighted by Crippen LogP contribution is 2.15. The highest BCUT2D eigenvalue weighted by molar-refractivity contribution is 7.90. The van der Waals surface area contributed by atoms with Crippen molar-refractivity contribution in [3.8, 4) is 0 Å². The standard InChI is InChI=1S/C11H13N3O2S/c1-9-7-13-14(2)10(9)8-17(15,16)11-5-3-4-6-12-11/h3-7H,8H2,1-2H3. The molecule has 0 atom stereocenters. The molecule has 0 saturated carbocycles. The largest absolute Gasteiger partial charge is 0.271 e. The van der Waals surface area contributed by atoms with Crippen molar-refractivity contribution < 1.29 is 8.42 Å². The lowest BCUT2D eigenvalue weighted by Gasteiger charge is -2.05. The van der Waals surface area contributed by atoms with Crippen molar-refractivity contribution >= 4 is 9.84 Å². The molecule has 0 aliphatic rings. The Morgan fingerprint density at radius 2 is 2.12 bits per heavy atom. The Kier molecular flexibility index (Phi) is 2.97.